The second-order valence-corrected chi connectivity index (χ2v) is 5.29. The van der Waals surface area contributed by atoms with Crippen molar-refractivity contribution in [2.45, 2.75) is 31.4 Å². The Balaban J connectivity index is 1.93. The largest absolute Gasteiger partial charge is 0.387 e. The molecule has 0 bridgehead atoms. The van der Waals surface area contributed by atoms with Crippen LogP contribution in [0.25, 0.3) is 0 Å². The van der Waals surface area contributed by atoms with Crippen LogP contribution < -0.4 is 5.32 Å². The zero-order valence-electron chi connectivity index (χ0n) is 11.0. The fourth-order valence-electron chi connectivity index (χ4n) is 2.25. The molecule has 0 amide bonds. The highest BCUT2D eigenvalue weighted by Crippen LogP contribution is 2.21. The highest BCUT2D eigenvalue weighted by molar-refractivity contribution is 5.20. The third kappa shape index (κ3) is 3.72. The van der Waals surface area contributed by atoms with Gasteiger partial charge in [0, 0.05) is 18.7 Å². The fourth-order valence-corrected chi connectivity index (χ4v) is 2.25. The Labute approximate surface area is 111 Å². The summed E-state index contributed by atoms with van der Waals surface area (Å²) in [5.41, 5.74) is 0.198. The van der Waals surface area contributed by atoms with Gasteiger partial charge in [0.15, 0.2) is 11.6 Å². The zero-order chi connectivity index (χ0) is 13.9. The maximum atomic E-state index is 13.1. The minimum Gasteiger partial charge on any atom is -0.387 e. The van der Waals surface area contributed by atoms with Gasteiger partial charge in [-0.15, -0.1) is 0 Å². The van der Waals surface area contributed by atoms with Crippen molar-refractivity contribution in [3.8, 4) is 0 Å². The van der Waals surface area contributed by atoms with Crippen LogP contribution in [0.2, 0.25) is 0 Å². The van der Waals surface area contributed by atoms with Crippen LogP contribution in [0.1, 0.15) is 31.4 Å². The van der Waals surface area contributed by atoms with Crippen LogP contribution in [0.3, 0.4) is 0 Å². The molecule has 1 aliphatic heterocycles. The van der Waals surface area contributed by atoms with E-state index in [9.17, 15) is 13.9 Å². The van der Waals surface area contributed by atoms with E-state index in [-0.39, 0.29) is 12.1 Å². The average Bonchev–Trinajstić information content (AvgIpc) is 2.40. The van der Waals surface area contributed by atoms with Crippen molar-refractivity contribution in [1.82, 2.24) is 5.32 Å². The van der Waals surface area contributed by atoms with Gasteiger partial charge >= 0.3 is 0 Å². The predicted molar refractivity (Wildman–Crippen MR) is 67.8 cm³/mol. The van der Waals surface area contributed by atoms with Gasteiger partial charge in [-0.25, -0.2) is 8.78 Å². The van der Waals surface area contributed by atoms with Crippen LogP contribution in [0.15, 0.2) is 18.2 Å². The molecule has 3 nitrogen and oxygen atoms in total. The molecule has 1 aliphatic rings. The van der Waals surface area contributed by atoms with Crippen molar-refractivity contribution in [3.63, 3.8) is 0 Å². The van der Waals surface area contributed by atoms with Crippen LogP contribution in [-0.4, -0.2) is 30.4 Å². The fraction of sp³-hybridized carbons (Fsp3) is 0.571. The lowest BCUT2D eigenvalue weighted by Gasteiger charge is -2.35. The van der Waals surface area contributed by atoms with Gasteiger partial charge in [0.25, 0.3) is 0 Å². The van der Waals surface area contributed by atoms with Crippen molar-refractivity contribution in [2.24, 2.45) is 0 Å². The Morgan fingerprint density at radius 2 is 2.21 bits per heavy atom. The predicted octanol–water partition coefficient (Wildman–Crippen LogP) is 2.16. The lowest BCUT2D eigenvalue weighted by Crippen LogP contribution is -2.50. The van der Waals surface area contributed by atoms with Crippen LogP contribution in [0, 0.1) is 11.6 Å². The Morgan fingerprint density at radius 3 is 2.84 bits per heavy atom. The van der Waals surface area contributed by atoms with Crippen molar-refractivity contribution in [2.75, 3.05) is 19.8 Å². The van der Waals surface area contributed by atoms with Crippen LogP contribution in [0.4, 0.5) is 8.78 Å². The number of benzene rings is 1. The molecule has 2 N–H and O–H groups in total. The van der Waals surface area contributed by atoms with Crippen molar-refractivity contribution >= 4 is 0 Å². The van der Waals surface area contributed by atoms with E-state index in [2.05, 4.69) is 5.32 Å². The monoisotopic (exact) mass is 271 g/mol. The average molecular weight is 271 g/mol. The molecule has 1 fully saturated rings. The van der Waals surface area contributed by atoms with Crippen LogP contribution in [0.5, 0.6) is 0 Å². The molecular weight excluding hydrogens is 252 g/mol. The molecule has 0 spiro atoms. The van der Waals surface area contributed by atoms with E-state index in [0.717, 1.165) is 31.6 Å². The first-order valence-corrected chi connectivity index (χ1v) is 6.46. The van der Waals surface area contributed by atoms with Gasteiger partial charge in [0.1, 0.15) is 0 Å². The molecule has 1 aromatic rings. The Morgan fingerprint density at radius 1 is 1.42 bits per heavy atom. The molecule has 1 heterocycles. The molecule has 19 heavy (non-hydrogen) atoms. The van der Waals surface area contributed by atoms with E-state index >= 15 is 0 Å². The lowest BCUT2D eigenvalue weighted by atomic mass is 9.94. The smallest absolute Gasteiger partial charge is 0.159 e. The van der Waals surface area contributed by atoms with Gasteiger partial charge < -0.3 is 15.2 Å². The number of halogens is 2. The van der Waals surface area contributed by atoms with E-state index in [1.54, 1.807) is 0 Å². The summed E-state index contributed by atoms with van der Waals surface area (Å²) in [4.78, 5) is 0. The SMILES string of the molecule is CC1(NCC(O)c2ccc(F)c(F)c2)CCCOC1. The van der Waals surface area contributed by atoms with E-state index < -0.39 is 17.7 Å². The Bertz CT molecular complexity index is 433. The number of aliphatic hydroxyl groups excluding tert-OH is 1. The minimum absolute atomic E-state index is 0.169. The number of hydrogen-bond acceptors (Lipinski definition) is 3. The molecule has 0 saturated carbocycles. The molecule has 0 radical (unpaired) electrons. The second kappa shape index (κ2) is 5.94. The van der Waals surface area contributed by atoms with Gasteiger partial charge in [0.05, 0.1) is 12.7 Å². The molecule has 2 unspecified atom stereocenters. The van der Waals surface area contributed by atoms with Crippen molar-refractivity contribution in [3.05, 3.63) is 35.4 Å². The minimum atomic E-state index is -0.941. The lowest BCUT2D eigenvalue weighted by molar-refractivity contribution is 0.0221. The highest BCUT2D eigenvalue weighted by atomic mass is 19.2. The second-order valence-electron chi connectivity index (χ2n) is 5.29. The highest BCUT2D eigenvalue weighted by Gasteiger charge is 2.27. The van der Waals surface area contributed by atoms with E-state index in [0.29, 0.717) is 12.2 Å². The topological polar surface area (TPSA) is 41.5 Å². The van der Waals surface area contributed by atoms with Crippen LogP contribution in [-0.2, 0) is 4.74 Å². The molecule has 2 atom stereocenters. The summed E-state index contributed by atoms with van der Waals surface area (Å²) in [6.07, 6.45) is 1.08. The first kappa shape index (κ1) is 14.4. The van der Waals surface area contributed by atoms with Gasteiger partial charge in [-0.3, -0.25) is 0 Å². The normalized spacial score (nSPS) is 25.3. The molecule has 0 aromatic heterocycles. The third-order valence-corrected chi connectivity index (χ3v) is 3.49. The summed E-state index contributed by atoms with van der Waals surface area (Å²) in [7, 11) is 0. The molecular formula is C14H19F2NO2. The molecule has 0 aliphatic carbocycles. The van der Waals surface area contributed by atoms with Gasteiger partial charge in [0.2, 0.25) is 0 Å². The van der Waals surface area contributed by atoms with E-state index in [1.165, 1.54) is 6.07 Å². The van der Waals surface area contributed by atoms with Crippen molar-refractivity contribution < 1.29 is 18.6 Å². The van der Waals surface area contributed by atoms with Gasteiger partial charge in [-0.05, 0) is 37.5 Å². The summed E-state index contributed by atoms with van der Waals surface area (Å²) in [6, 6.07) is 3.45. The number of nitrogens with one attached hydrogen (secondary N) is 1. The number of aliphatic hydroxyl groups is 1. The first-order valence-electron chi connectivity index (χ1n) is 6.46. The van der Waals surface area contributed by atoms with Crippen LogP contribution >= 0.6 is 0 Å². The van der Waals surface area contributed by atoms with Crippen molar-refractivity contribution in [1.29, 1.82) is 0 Å². The molecule has 5 heteroatoms. The summed E-state index contributed by atoms with van der Waals surface area (Å²) < 4.78 is 31.3. The maximum absolute atomic E-state index is 13.1. The van der Waals surface area contributed by atoms with E-state index in [1.807, 2.05) is 6.92 Å². The zero-order valence-corrected chi connectivity index (χ0v) is 11.0. The number of rotatable bonds is 4. The Kier molecular flexibility index (Phi) is 4.50. The third-order valence-electron chi connectivity index (χ3n) is 3.49. The molecule has 1 aromatic carbocycles. The number of β-amino-alcohol motifs (C(OH)–C–C–N with tert-alkyl or cyclic N) is 1. The number of hydrogen-bond donors (Lipinski definition) is 2. The molecule has 1 saturated heterocycles. The Hall–Kier alpha value is -1.04. The van der Waals surface area contributed by atoms with Gasteiger partial charge in [-0.2, -0.15) is 0 Å². The summed E-state index contributed by atoms with van der Waals surface area (Å²) in [5.74, 6) is -1.85. The standard InChI is InChI=1S/C14H19F2NO2/c1-14(5-2-6-19-9-14)17-8-13(18)10-3-4-11(15)12(16)7-10/h3-4,7,13,17-18H,2,5-6,8-9H2,1H3. The summed E-state index contributed by atoms with van der Waals surface area (Å²) in [6.45, 7) is 3.68. The first-order chi connectivity index (χ1) is 9.00. The van der Waals surface area contributed by atoms with E-state index in [4.69, 9.17) is 4.74 Å². The summed E-state index contributed by atoms with van der Waals surface area (Å²) in [5, 5.41) is 13.2. The molecule has 2 rings (SSSR count). The summed E-state index contributed by atoms with van der Waals surface area (Å²) >= 11 is 0. The molecule has 106 valence electrons. The maximum Gasteiger partial charge on any atom is 0.159 e. The quantitative estimate of drug-likeness (QED) is 0.881. The number of ether oxygens (including phenoxy) is 1. The van der Waals surface area contributed by atoms with Gasteiger partial charge in [-0.1, -0.05) is 6.07 Å².